The molecule has 1 heterocycles. The van der Waals surface area contributed by atoms with Gasteiger partial charge in [0.25, 0.3) is 5.91 Å². The van der Waals surface area contributed by atoms with Crippen molar-refractivity contribution in [3.05, 3.63) is 29.8 Å². The molecule has 0 bridgehead atoms. The summed E-state index contributed by atoms with van der Waals surface area (Å²) in [6.07, 6.45) is 3.47. The van der Waals surface area contributed by atoms with Crippen molar-refractivity contribution in [3.8, 4) is 0 Å². The Morgan fingerprint density at radius 1 is 1.14 bits per heavy atom. The minimum Gasteiger partial charge on any atom is -0.339 e. The van der Waals surface area contributed by atoms with Gasteiger partial charge in [0.1, 0.15) is 0 Å². The van der Waals surface area contributed by atoms with E-state index >= 15 is 0 Å². The standard InChI is InChI=1S/C17H24N2O2/c1-3-11-18(12-4-2)17(21)14-7-9-15(10-8-14)19-13-5-6-16(19)20/h7-10H,3-6,11-13H2,1-2H3. The van der Waals surface area contributed by atoms with Crippen LogP contribution in [0, 0.1) is 0 Å². The van der Waals surface area contributed by atoms with E-state index in [2.05, 4.69) is 13.8 Å². The molecular formula is C17H24N2O2. The average molecular weight is 288 g/mol. The van der Waals surface area contributed by atoms with E-state index in [9.17, 15) is 9.59 Å². The molecule has 21 heavy (non-hydrogen) atoms. The normalized spacial score (nSPS) is 14.6. The lowest BCUT2D eigenvalue weighted by molar-refractivity contribution is -0.117. The summed E-state index contributed by atoms with van der Waals surface area (Å²) in [4.78, 5) is 27.9. The molecular weight excluding hydrogens is 264 g/mol. The van der Waals surface area contributed by atoms with Gasteiger partial charge in [-0.2, -0.15) is 0 Å². The summed E-state index contributed by atoms with van der Waals surface area (Å²) >= 11 is 0. The van der Waals surface area contributed by atoms with Crippen molar-refractivity contribution in [2.75, 3.05) is 24.5 Å². The zero-order valence-corrected chi connectivity index (χ0v) is 13.0. The van der Waals surface area contributed by atoms with Crippen molar-refractivity contribution in [2.45, 2.75) is 39.5 Å². The Morgan fingerprint density at radius 2 is 1.76 bits per heavy atom. The Hall–Kier alpha value is -1.84. The topological polar surface area (TPSA) is 40.6 Å². The highest BCUT2D eigenvalue weighted by Gasteiger charge is 2.22. The Balaban J connectivity index is 2.10. The SMILES string of the molecule is CCCN(CCC)C(=O)c1ccc(N2CCCC2=O)cc1. The summed E-state index contributed by atoms with van der Waals surface area (Å²) in [5.74, 6) is 0.255. The molecule has 1 aliphatic rings. The Bertz CT molecular complexity index is 490. The third-order valence-corrected chi connectivity index (χ3v) is 3.77. The van der Waals surface area contributed by atoms with E-state index in [-0.39, 0.29) is 11.8 Å². The lowest BCUT2D eigenvalue weighted by Gasteiger charge is -2.22. The second-order valence-electron chi connectivity index (χ2n) is 5.49. The minimum atomic E-state index is 0.0815. The van der Waals surface area contributed by atoms with Gasteiger partial charge in [0, 0.05) is 37.3 Å². The maximum absolute atomic E-state index is 12.5. The largest absolute Gasteiger partial charge is 0.339 e. The summed E-state index contributed by atoms with van der Waals surface area (Å²) in [6, 6.07) is 7.43. The molecule has 4 nitrogen and oxygen atoms in total. The first-order valence-corrected chi connectivity index (χ1v) is 7.87. The van der Waals surface area contributed by atoms with Crippen molar-refractivity contribution < 1.29 is 9.59 Å². The van der Waals surface area contributed by atoms with Gasteiger partial charge in [-0.05, 0) is 43.5 Å². The molecule has 1 fully saturated rings. The van der Waals surface area contributed by atoms with Gasteiger partial charge in [0.05, 0.1) is 0 Å². The van der Waals surface area contributed by atoms with E-state index in [4.69, 9.17) is 0 Å². The smallest absolute Gasteiger partial charge is 0.253 e. The predicted octanol–water partition coefficient (Wildman–Crippen LogP) is 3.08. The molecule has 0 saturated carbocycles. The number of rotatable bonds is 6. The quantitative estimate of drug-likeness (QED) is 0.807. The lowest BCUT2D eigenvalue weighted by atomic mass is 10.1. The van der Waals surface area contributed by atoms with Gasteiger partial charge < -0.3 is 9.80 Å². The van der Waals surface area contributed by atoms with Crippen molar-refractivity contribution in [3.63, 3.8) is 0 Å². The molecule has 1 aromatic rings. The lowest BCUT2D eigenvalue weighted by Crippen LogP contribution is -2.32. The van der Waals surface area contributed by atoms with E-state index in [1.165, 1.54) is 0 Å². The van der Waals surface area contributed by atoms with Crippen LogP contribution in [0.1, 0.15) is 49.9 Å². The Morgan fingerprint density at radius 3 is 2.24 bits per heavy atom. The second-order valence-corrected chi connectivity index (χ2v) is 5.49. The van der Waals surface area contributed by atoms with Crippen LogP contribution in [-0.4, -0.2) is 36.3 Å². The van der Waals surface area contributed by atoms with Crippen LogP contribution >= 0.6 is 0 Å². The summed E-state index contributed by atoms with van der Waals surface area (Å²) in [5.41, 5.74) is 1.60. The number of benzene rings is 1. The van der Waals surface area contributed by atoms with Gasteiger partial charge in [-0.15, -0.1) is 0 Å². The van der Waals surface area contributed by atoms with E-state index in [0.717, 1.165) is 44.6 Å². The summed E-state index contributed by atoms with van der Waals surface area (Å²) in [5, 5.41) is 0. The second kappa shape index (κ2) is 7.25. The number of anilines is 1. The highest BCUT2D eigenvalue weighted by Crippen LogP contribution is 2.22. The van der Waals surface area contributed by atoms with Crippen molar-refractivity contribution >= 4 is 17.5 Å². The van der Waals surface area contributed by atoms with Crippen LogP contribution < -0.4 is 4.90 Å². The number of nitrogens with zero attached hydrogens (tertiary/aromatic N) is 2. The van der Waals surface area contributed by atoms with Crippen LogP contribution in [0.2, 0.25) is 0 Å². The summed E-state index contributed by atoms with van der Waals surface area (Å²) in [7, 11) is 0. The van der Waals surface area contributed by atoms with E-state index in [1.807, 2.05) is 29.2 Å². The number of amides is 2. The van der Waals surface area contributed by atoms with Crippen LogP contribution in [0.3, 0.4) is 0 Å². The maximum Gasteiger partial charge on any atom is 0.253 e. The zero-order valence-electron chi connectivity index (χ0n) is 13.0. The van der Waals surface area contributed by atoms with Gasteiger partial charge >= 0.3 is 0 Å². The Labute approximate surface area is 126 Å². The molecule has 0 radical (unpaired) electrons. The van der Waals surface area contributed by atoms with Gasteiger partial charge in [0.15, 0.2) is 0 Å². The third-order valence-electron chi connectivity index (χ3n) is 3.77. The van der Waals surface area contributed by atoms with Gasteiger partial charge in [-0.25, -0.2) is 0 Å². The fourth-order valence-corrected chi connectivity index (χ4v) is 2.74. The van der Waals surface area contributed by atoms with Crippen LogP contribution in [-0.2, 0) is 4.79 Å². The van der Waals surface area contributed by atoms with Crippen LogP contribution in [0.25, 0.3) is 0 Å². The zero-order chi connectivity index (χ0) is 15.2. The van der Waals surface area contributed by atoms with Crippen molar-refractivity contribution in [1.82, 2.24) is 4.90 Å². The molecule has 114 valence electrons. The van der Waals surface area contributed by atoms with E-state index in [0.29, 0.717) is 12.0 Å². The van der Waals surface area contributed by atoms with Gasteiger partial charge in [0.2, 0.25) is 5.91 Å². The van der Waals surface area contributed by atoms with Crippen LogP contribution in [0.4, 0.5) is 5.69 Å². The average Bonchev–Trinajstić information content (AvgIpc) is 2.93. The molecule has 1 aromatic carbocycles. The number of hydrogen-bond acceptors (Lipinski definition) is 2. The highest BCUT2D eigenvalue weighted by atomic mass is 16.2. The number of hydrogen-bond donors (Lipinski definition) is 0. The maximum atomic E-state index is 12.5. The first kappa shape index (κ1) is 15.5. The molecule has 1 aliphatic heterocycles. The molecule has 0 N–H and O–H groups in total. The first-order valence-electron chi connectivity index (χ1n) is 7.87. The fraction of sp³-hybridized carbons (Fsp3) is 0.529. The summed E-state index contributed by atoms with van der Waals surface area (Å²) < 4.78 is 0. The molecule has 0 unspecified atom stereocenters. The minimum absolute atomic E-state index is 0.0815. The van der Waals surface area contributed by atoms with Crippen molar-refractivity contribution in [1.29, 1.82) is 0 Å². The van der Waals surface area contributed by atoms with Crippen LogP contribution in [0.5, 0.6) is 0 Å². The fourth-order valence-electron chi connectivity index (χ4n) is 2.74. The molecule has 2 rings (SSSR count). The molecule has 1 saturated heterocycles. The molecule has 4 heteroatoms. The van der Waals surface area contributed by atoms with E-state index in [1.54, 1.807) is 4.90 Å². The molecule has 0 spiro atoms. The predicted molar refractivity (Wildman–Crippen MR) is 84.5 cm³/mol. The molecule has 2 amide bonds. The highest BCUT2D eigenvalue weighted by molar-refractivity contribution is 5.97. The number of carbonyl (C=O) groups excluding carboxylic acids is 2. The summed E-state index contributed by atoms with van der Waals surface area (Å²) in [6.45, 7) is 6.53. The number of carbonyl (C=O) groups is 2. The van der Waals surface area contributed by atoms with Crippen molar-refractivity contribution in [2.24, 2.45) is 0 Å². The van der Waals surface area contributed by atoms with Gasteiger partial charge in [-0.1, -0.05) is 13.8 Å². The van der Waals surface area contributed by atoms with Crippen LogP contribution in [0.15, 0.2) is 24.3 Å². The third kappa shape index (κ3) is 3.63. The molecule has 0 aliphatic carbocycles. The van der Waals surface area contributed by atoms with E-state index < -0.39 is 0 Å². The van der Waals surface area contributed by atoms with Gasteiger partial charge in [-0.3, -0.25) is 9.59 Å². The monoisotopic (exact) mass is 288 g/mol. The first-order chi connectivity index (χ1) is 10.2. The Kier molecular flexibility index (Phi) is 5.37. The molecule has 0 aromatic heterocycles. The molecule has 0 atom stereocenters.